The average Bonchev–Trinajstić information content (AvgIpc) is 2.00. The molecular formula is C7H14NaO6P. The third-order valence-corrected chi connectivity index (χ3v) is 2.28. The van der Waals surface area contributed by atoms with Gasteiger partial charge in [0.2, 0.25) is 0 Å². The van der Waals surface area contributed by atoms with Gasteiger partial charge in [-0.25, -0.2) is 4.57 Å². The molecule has 0 aliphatic rings. The van der Waals surface area contributed by atoms with Crippen LogP contribution in [0.4, 0.5) is 0 Å². The Morgan fingerprint density at radius 1 is 1.53 bits per heavy atom. The maximum absolute atomic E-state index is 10.8. The molecular weight excluding hydrogens is 234 g/mol. The van der Waals surface area contributed by atoms with Crippen molar-refractivity contribution in [2.24, 2.45) is 0 Å². The van der Waals surface area contributed by atoms with Gasteiger partial charge in [-0.05, 0) is 0 Å². The molecule has 0 radical (unpaired) electrons. The SMILES string of the molecule is C=C(C)C(=O)O[CH]([Na])CC.O=P(O)(O)O. The van der Waals surface area contributed by atoms with E-state index in [1.165, 1.54) is 0 Å². The molecule has 1 unspecified atom stereocenters. The third kappa shape index (κ3) is 20.4. The van der Waals surface area contributed by atoms with Gasteiger partial charge < -0.3 is 14.7 Å². The van der Waals surface area contributed by atoms with Gasteiger partial charge in [0.25, 0.3) is 0 Å². The van der Waals surface area contributed by atoms with E-state index in [2.05, 4.69) is 6.58 Å². The molecule has 0 saturated carbocycles. The summed E-state index contributed by atoms with van der Waals surface area (Å²) in [6.07, 6.45) is 0.908. The van der Waals surface area contributed by atoms with E-state index in [-0.39, 0.29) is 9.32 Å². The van der Waals surface area contributed by atoms with E-state index >= 15 is 0 Å². The Hall–Kier alpha value is 0.320. The molecule has 6 nitrogen and oxygen atoms in total. The van der Waals surface area contributed by atoms with Gasteiger partial charge in [0, 0.05) is 0 Å². The zero-order valence-electron chi connectivity index (χ0n) is 9.01. The maximum Gasteiger partial charge on any atom is 0.466 e. The van der Waals surface area contributed by atoms with Crippen LogP contribution in [-0.2, 0) is 14.1 Å². The van der Waals surface area contributed by atoms with Crippen LogP contribution in [0.3, 0.4) is 0 Å². The molecule has 0 spiro atoms. The monoisotopic (exact) mass is 248 g/mol. The van der Waals surface area contributed by atoms with Crippen molar-refractivity contribution in [1.29, 1.82) is 0 Å². The largest absolute Gasteiger partial charge is 0.466 e. The van der Waals surface area contributed by atoms with Crippen LogP contribution in [0.15, 0.2) is 12.2 Å². The molecule has 1 atom stereocenters. The molecule has 84 valence electrons. The number of esters is 1. The third-order valence-electron chi connectivity index (χ3n) is 1.23. The van der Waals surface area contributed by atoms with Gasteiger partial charge in [0.05, 0.1) is 0 Å². The second-order valence-electron chi connectivity index (χ2n) is 2.92. The number of rotatable bonds is 3. The molecule has 0 saturated heterocycles. The zero-order valence-corrected chi connectivity index (χ0v) is 11.9. The van der Waals surface area contributed by atoms with Crippen LogP contribution in [-0.4, -0.2) is 51.9 Å². The first kappa shape index (κ1) is 17.7. The average molecular weight is 248 g/mol. The fraction of sp³-hybridized carbons (Fsp3) is 0.571. The Morgan fingerprint density at radius 2 is 1.87 bits per heavy atom. The molecule has 8 heteroatoms. The van der Waals surface area contributed by atoms with E-state index < -0.39 is 7.82 Å². The van der Waals surface area contributed by atoms with Crippen molar-refractivity contribution in [3.8, 4) is 0 Å². The van der Waals surface area contributed by atoms with E-state index in [0.717, 1.165) is 34.4 Å². The predicted molar refractivity (Wildman–Crippen MR) is 55.0 cm³/mol. The van der Waals surface area contributed by atoms with Crippen LogP contribution in [0.25, 0.3) is 0 Å². The van der Waals surface area contributed by atoms with Crippen molar-refractivity contribution >= 4 is 41.7 Å². The van der Waals surface area contributed by atoms with Gasteiger partial charge in [-0.1, -0.05) is 0 Å². The fourth-order valence-electron chi connectivity index (χ4n) is 0.367. The Morgan fingerprint density at radius 3 is 2.07 bits per heavy atom. The summed E-state index contributed by atoms with van der Waals surface area (Å²) in [6.45, 7) is 7.15. The number of ether oxygens (including phenoxy) is 1. The Labute approximate surface area is 106 Å². The quantitative estimate of drug-likeness (QED) is 0.283. The Balaban J connectivity index is 0. The normalized spacial score (nSPS) is 12.2. The van der Waals surface area contributed by atoms with Gasteiger partial charge in [0.1, 0.15) is 0 Å². The molecule has 0 aromatic heterocycles. The zero-order chi connectivity index (χ0) is 12.6. The molecule has 0 rings (SSSR count). The summed E-state index contributed by atoms with van der Waals surface area (Å²) in [7, 11) is -4.64. The van der Waals surface area contributed by atoms with Crippen LogP contribution in [0.2, 0.25) is 0 Å². The Bertz CT molecular complexity index is 252. The van der Waals surface area contributed by atoms with E-state index in [4.69, 9.17) is 24.0 Å². The van der Waals surface area contributed by atoms with Crippen LogP contribution >= 0.6 is 7.82 Å². The first-order valence-electron chi connectivity index (χ1n) is 4.22. The topological polar surface area (TPSA) is 104 Å². The second-order valence-corrected chi connectivity index (χ2v) is 5.23. The number of carbonyl (C=O) groups excluding carboxylic acids is 1. The van der Waals surface area contributed by atoms with Gasteiger partial charge in [-0.3, -0.25) is 0 Å². The van der Waals surface area contributed by atoms with E-state index in [1.54, 1.807) is 6.92 Å². The van der Waals surface area contributed by atoms with Crippen LogP contribution in [0.1, 0.15) is 20.3 Å². The van der Waals surface area contributed by atoms with Gasteiger partial charge in [0.15, 0.2) is 0 Å². The summed E-state index contributed by atoms with van der Waals surface area (Å²) < 4.78 is 14.0. The van der Waals surface area contributed by atoms with Crippen LogP contribution < -0.4 is 0 Å². The summed E-state index contributed by atoms with van der Waals surface area (Å²) >= 11 is 0.899. The minimum atomic E-state index is -4.64. The van der Waals surface area contributed by atoms with Crippen molar-refractivity contribution < 1.29 is 28.8 Å². The molecule has 0 aromatic carbocycles. The fourth-order valence-corrected chi connectivity index (χ4v) is 0.581. The summed E-state index contributed by atoms with van der Waals surface area (Å²) in [4.78, 5) is 32.4. The molecule has 0 aliphatic carbocycles. The standard InChI is InChI=1S/C7H11O2.Na.H3O4P/c1-4-5-9-7(8)6(2)3;;1-5(2,3)4/h5H,2,4H2,1,3H3;;(H3,1,2,3,4). The van der Waals surface area contributed by atoms with Crippen molar-refractivity contribution in [2.75, 3.05) is 0 Å². The summed E-state index contributed by atoms with van der Waals surface area (Å²) in [5.74, 6) is -0.262. The minimum Gasteiger partial charge on any atom is -0.303 e. The Kier molecular flexibility index (Phi) is 10.00. The summed E-state index contributed by atoms with van der Waals surface area (Å²) in [6, 6.07) is 0. The van der Waals surface area contributed by atoms with Crippen molar-refractivity contribution in [3.05, 3.63) is 12.2 Å². The smallest absolute Gasteiger partial charge is 0.303 e. The predicted octanol–water partition coefficient (Wildman–Crippen LogP) is 0.0817. The maximum atomic E-state index is 10.8. The number of hydrogen-bond donors (Lipinski definition) is 3. The van der Waals surface area contributed by atoms with Crippen molar-refractivity contribution in [2.45, 2.75) is 23.6 Å². The number of carbonyl (C=O) groups is 1. The molecule has 0 aromatic rings. The first-order valence-corrected chi connectivity index (χ1v) is 6.94. The second kappa shape index (κ2) is 8.47. The summed E-state index contributed by atoms with van der Waals surface area (Å²) in [5, 5.41) is 0. The van der Waals surface area contributed by atoms with Crippen LogP contribution in [0, 0.1) is 0 Å². The molecule has 3 N–H and O–H groups in total. The summed E-state index contributed by atoms with van der Waals surface area (Å²) in [5.41, 5.74) is 0.481. The molecule has 0 amide bonds. The van der Waals surface area contributed by atoms with Gasteiger partial charge >= 0.3 is 87.0 Å². The molecule has 0 fully saturated rings. The molecule has 0 aliphatic heterocycles. The van der Waals surface area contributed by atoms with E-state index in [9.17, 15) is 4.79 Å². The minimum absolute atomic E-state index is 0.143. The number of phosphoric acid groups is 1. The van der Waals surface area contributed by atoms with Gasteiger partial charge in [-0.15, -0.1) is 0 Å². The van der Waals surface area contributed by atoms with E-state index in [0.29, 0.717) is 5.57 Å². The molecule has 15 heavy (non-hydrogen) atoms. The van der Waals surface area contributed by atoms with Gasteiger partial charge in [-0.2, -0.15) is 0 Å². The van der Waals surface area contributed by atoms with Crippen LogP contribution in [0.5, 0.6) is 0 Å². The van der Waals surface area contributed by atoms with Crippen molar-refractivity contribution in [3.63, 3.8) is 0 Å². The first-order chi connectivity index (χ1) is 6.57. The molecule has 0 bridgehead atoms. The van der Waals surface area contributed by atoms with E-state index in [1.807, 2.05) is 6.92 Å². The molecule has 0 heterocycles. The van der Waals surface area contributed by atoms with Crippen molar-refractivity contribution in [1.82, 2.24) is 0 Å². The number of hydrogen-bond acceptors (Lipinski definition) is 3.